The lowest BCUT2D eigenvalue weighted by molar-refractivity contribution is -0.168. The van der Waals surface area contributed by atoms with Gasteiger partial charge in [-0.15, -0.1) is 11.8 Å². The van der Waals surface area contributed by atoms with E-state index in [2.05, 4.69) is 0 Å². The molecule has 94 valence electrons. The Morgan fingerprint density at radius 2 is 2.06 bits per heavy atom. The summed E-state index contributed by atoms with van der Waals surface area (Å²) in [6, 6.07) is 7.70. The normalized spacial score (nSPS) is 10.3. The molecule has 0 radical (unpaired) electrons. The van der Waals surface area contributed by atoms with E-state index in [9.17, 15) is 4.79 Å². The molecule has 0 N–H and O–H groups in total. The topological polar surface area (TPSA) is 29.5 Å². The Hall–Kier alpha value is -0.710. The maximum absolute atomic E-state index is 11.4. The van der Waals surface area contributed by atoms with Crippen LogP contribution in [0, 0.1) is 0 Å². The maximum atomic E-state index is 11.4. The predicted octanol–water partition coefficient (Wildman–Crippen LogP) is 3.23. The zero-order chi connectivity index (χ0) is 12.7. The molecule has 1 amide bonds. The molecule has 3 nitrogen and oxygen atoms in total. The van der Waals surface area contributed by atoms with Gasteiger partial charge in [0.25, 0.3) is 0 Å². The van der Waals surface area contributed by atoms with Crippen molar-refractivity contribution < 1.29 is 9.63 Å². The fourth-order valence-electron chi connectivity index (χ4n) is 1.20. The van der Waals surface area contributed by atoms with Crippen LogP contribution >= 0.6 is 23.4 Å². The van der Waals surface area contributed by atoms with Crippen LogP contribution in [0.25, 0.3) is 0 Å². The monoisotopic (exact) mass is 273 g/mol. The smallest absolute Gasteiger partial charge is 0.245 e. The average Bonchev–Trinajstić information content (AvgIpc) is 2.35. The third-order valence-corrected chi connectivity index (χ3v) is 3.59. The summed E-state index contributed by atoms with van der Waals surface area (Å²) in [5.41, 5.74) is 0. The quantitative estimate of drug-likeness (QED) is 0.453. The Morgan fingerprint density at radius 1 is 1.41 bits per heavy atom. The van der Waals surface area contributed by atoms with Crippen LogP contribution in [0.15, 0.2) is 29.2 Å². The summed E-state index contributed by atoms with van der Waals surface area (Å²) in [7, 11) is 3.11. The second-order valence-electron chi connectivity index (χ2n) is 3.48. The van der Waals surface area contributed by atoms with Crippen LogP contribution in [0.4, 0.5) is 0 Å². The Kier molecular flexibility index (Phi) is 6.40. The molecule has 0 aliphatic rings. The SMILES string of the molecule is CON(C)C(=O)CCCSc1ccc(Cl)cc1. The van der Waals surface area contributed by atoms with E-state index in [4.69, 9.17) is 16.4 Å². The van der Waals surface area contributed by atoms with E-state index >= 15 is 0 Å². The molecule has 5 heteroatoms. The number of halogens is 1. The summed E-state index contributed by atoms with van der Waals surface area (Å²) in [4.78, 5) is 17.4. The van der Waals surface area contributed by atoms with Crippen molar-refractivity contribution in [2.45, 2.75) is 17.7 Å². The molecular formula is C12H16ClNO2S. The summed E-state index contributed by atoms with van der Waals surface area (Å²) in [5, 5.41) is 2.00. The van der Waals surface area contributed by atoms with Crippen LogP contribution in [0.3, 0.4) is 0 Å². The predicted molar refractivity (Wildman–Crippen MR) is 71.2 cm³/mol. The molecule has 17 heavy (non-hydrogen) atoms. The molecule has 1 rings (SSSR count). The first kappa shape index (κ1) is 14.4. The van der Waals surface area contributed by atoms with Gasteiger partial charge in [0.1, 0.15) is 0 Å². The van der Waals surface area contributed by atoms with Gasteiger partial charge in [0, 0.05) is 23.4 Å². The van der Waals surface area contributed by atoms with Crippen LogP contribution < -0.4 is 0 Å². The van der Waals surface area contributed by atoms with Crippen LogP contribution in [0.2, 0.25) is 5.02 Å². The Morgan fingerprint density at radius 3 is 2.65 bits per heavy atom. The number of carbonyl (C=O) groups is 1. The fraction of sp³-hybridized carbons (Fsp3) is 0.417. The highest BCUT2D eigenvalue weighted by molar-refractivity contribution is 7.99. The second-order valence-corrected chi connectivity index (χ2v) is 5.08. The third kappa shape index (κ3) is 5.44. The largest absolute Gasteiger partial charge is 0.275 e. The third-order valence-electron chi connectivity index (χ3n) is 2.24. The van der Waals surface area contributed by atoms with Crippen molar-refractivity contribution in [2.24, 2.45) is 0 Å². The summed E-state index contributed by atoms with van der Waals surface area (Å²) < 4.78 is 0. The van der Waals surface area contributed by atoms with E-state index in [0.29, 0.717) is 6.42 Å². The Labute approximate surface area is 111 Å². The van der Waals surface area contributed by atoms with Crippen LogP contribution in [0.1, 0.15) is 12.8 Å². The minimum absolute atomic E-state index is 0.00389. The van der Waals surface area contributed by atoms with Crippen LogP contribution in [-0.2, 0) is 9.63 Å². The van der Waals surface area contributed by atoms with Gasteiger partial charge >= 0.3 is 0 Å². The van der Waals surface area contributed by atoms with Crippen molar-refractivity contribution in [1.29, 1.82) is 0 Å². The first-order chi connectivity index (χ1) is 8.13. The highest BCUT2D eigenvalue weighted by Crippen LogP contribution is 2.21. The van der Waals surface area contributed by atoms with Crippen molar-refractivity contribution >= 4 is 29.3 Å². The van der Waals surface area contributed by atoms with Gasteiger partial charge in [-0.25, -0.2) is 5.06 Å². The fourth-order valence-corrected chi connectivity index (χ4v) is 2.18. The average molecular weight is 274 g/mol. The highest BCUT2D eigenvalue weighted by atomic mass is 35.5. The first-order valence-corrected chi connectivity index (χ1v) is 6.69. The molecule has 0 fully saturated rings. The Bertz CT molecular complexity index is 356. The zero-order valence-corrected chi connectivity index (χ0v) is 11.6. The number of nitrogens with zero attached hydrogens (tertiary/aromatic N) is 1. The zero-order valence-electron chi connectivity index (χ0n) is 9.98. The van der Waals surface area contributed by atoms with Gasteiger partial charge in [-0.05, 0) is 36.4 Å². The Balaban J connectivity index is 2.20. The minimum Gasteiger partial charge on any atom is -0.275 e. The van der Waals surface area contributed by atoms with Gasteiger partial charge in [-0.1, -0.05) is 11.6 Å². The van der Waals surface area contributed by atoms with E-state index in [1.165, 1.54) is 17.1 Å². The number of hydrogen-bond donors (Lipinski definition) is 0. The van der Waals surface area contributed by atoms with Gasteiger partial charge < -0.3 is 0 Å². The van der Waals surface area contributed by atoms with Gasteiger partial charge in [-0.2, -0.15) is 0 Å². The first-order valence-electron chi connectivity index (χ1n) is 5.32. The number of rotatable bonds is 6. The van der Waals surface area contributed by atoms with E-state index in [0.717, 1.165) is 17.2 Å². The van der Waals surface area contributed by atoms with Gasteiger partial charge in [0.15, 0.2) is 0 Å². The summed E-state index contributed by atoms with van der Waals surface area (Å²) in [5.74, 6) is 0.912. The molecule has 0 atom stereocenters. The van der Waals surface area contributed by atoms with E-state index in [-0.39, 0.29) is 5.91 Å². The van der Waals surface area contributed by atoms with Crippen molar-refractivity contribution in [3.05, 3.63) is 29.3 Å². The van der Waals surface area contributed by atoms with Gasteiger partial charge in [0.2, 0.25) is 5.91 Å². The van der Waals surface area contributed by atoms with Gasteiger partial charge in [-0.3, -0.25) is 9.63 Å². The van der Waals surface area contributed by atoms with Gasteiger partial charge in [0.05, 0.1) is 7.11 Å². The second kappa shape index (κ2) is 7.58. The highest BCUT2D eigenvalue weighted by Gasteiger charge is 2.06. The van der Waals surface area contributed by atoms with Crippen molar-refractivity contribution in [3.63, 3.8) is 0 Å². The van der Waals surface area contributed by atoms with Crippen molar-refractivity contribution in [2.75, 3.05) is 19.9 Å². The van der Waals surface area contributed by atoms with E-state index in [1.54, 1.807) is 18.8 Å². The van der Waals surface area contributed by atoms with Crippen LogP contribution in [0.5, 0.6) is 0 Å². The lowest BCUT2D eigenvalue weighted by Crippen LogP contribution is -2.25. The summed E-state index contributed by atoms with van der Waals surface area (Å²) in [6.07, 6.45) is 1.34. The van der Waals surface area contributed by atoms with E-state index in [1.807, 2.05) is 24.3 Å². The molecule has 1 aromatic carbocycles. The number of benzene rings is 1. The molecule has 0 saturated heterocycles. The molecule has 0 heterocycles. The molecule has 0 unspecified atom stereocenters. The molecule has 0 aliphatic heterocycles. The number of amides is 1. The summed E-state index contributed by atoms with van der Waals surface area (Å²) in [6.45, 7) is 0. The number of hydrogen-bond acceptors (Lipinski definition) is 3. The number of carbonyl (C=O) groups excluding carboxylic acids is 1. The van der Waals surface area contributed by atoms with Crippen LogP contribution in [-0.4, -0.2) is 30.9 Å². The van der Waals surface area contributed by atoms with Crippen molar-refractivity contribution in [1.82, 2.24) is 5.06 Å². The van der Waals surface area contributed by atoms with Crippen molar-refractivity contribution in [3.8, 4) is 0 Å². The molecule has 0 saturated carbocycles. The maximum Gasteiger partial charge on any atom is 0.245 e. The molecule has 0 spiro atoms. The molecule has 0 bridgehead atoms. The minimum atomic E-state index is 0.00389. The molecule has 0 aromatic heterocycles. The number of hydroxylamine groups is 2. The summed E-state index contributed by atoms with van der Waals surface area (Å²) >= 11 is 7.51. The lowest BCUT2D eigenvalue weighted by atomic mass is 10.3. The molecular weight excluding hydrogens is 258 g/mol. The molecule has 0 aliphatic carbocycles. The number of thioether (sulfide) groups is 1. The van der Waals surface area contributed by atoms with E-state index < -0.39 is 0 Å². The lowest BCUT2D eigenvalue weighted by Gasteiger charge is -2.12. The standard InChI is InChI=1S/C12H16ClNO2S/c1-14(16-2)12(15)4-3-9-17-11-7-5-10(13)6-8-11/h5-8H,3-4,9H2,1-2H3. The molecule has 1 aromatic rings.